The average molecular weight is 245 g/mol. The number of nitrogens with zero attached hydrogens (tertiary/aromatic N) is 1. The molecule has 18 heavy (non-hydrogen) atoms. The number of rotatable bonds is 6. The van der Waals surface area contributed by atoms with Crippen molar-refractivity contribution >= 4 is 11.9 Å². The molecule has 2 heteroatoms. The molecule has 0 spiro atoms. The molecule has 0 bridgehead atoms. The van der Waals surface area contributed by atoms with E-state index < -0.39 is 5.54 Å². The standard InChI is InChI=1S/C16H23NO/c1-5-17(6-2)16(3,4)15(18)13-12-14-10-8-7-9-11-14/h7-13H,5-6H2,1-4H3. The Kier molecular flexibility index (Phi) is 5.29. The molecule has 2 nitrogen and oxygen atoms in total. The summed E-state index contributed by atoms with van der Waals surface area (Å²) >= 11 is 0. The van der Waals surface area contributed by atoms with Crippen LogP contribution in [0.2, 0.25) is 0 Å². The maximum absolute atomic E-state index is 12.3. The first-order valence-corrected chi connectivity index (χ1v) is 6.55. The number of hydrogen-bond acceptors (Lipinski definition) is 2. The maximum Gasteiger partial charge on any atom is 0.175 e. The smallest absolute Gasteiger partial charge is 0.175 e. The Labute approximate surface area is 110 Å². The van der Waals surface area contributed by atoms with Crippen LogP contribution in [0.1, 0.15) is 33.3 Å². The molecule has 98 valence electrons. The summed E-state index contributed by atoms with van der Waals surface area (Å²) in [7, 11) is 0. The van der Waals surface area contributed by atoms with Crippen molar-refractivity contribution in [3.05, 3.63) is 42.0 Å². The van der Waals surface area contributed by atoms with Gasteiger partial charge in [0.2, 0.25) is 0 Å². The van der Waals surface area contributed by atoms with Crippen molar-refractivity contribution in [3.8, 4) is 0 Å². The Hall–Kier alpha value is -1.41. The third-order valence-electron chi connectivity index (χ3n) is 3.38. The summed E-state index contributed by atoms with van der Waals surface area (Å²) in [6.07, 6.45) is 3.57. The summed E-state index contributed by atoms with van der Waals surface area (Å²) in [5.74, 6) is 0.148. The van der Waals surface area contributed by atoms with Crippen molar-refractivity contribution in [2.24, 2.45) is 0 Å². The maximum atomic E-state index is 12.3. The molecule has 0 N–H and O–H groups in total. The highest BCUT2D eigenvalue weighted by molar-refractivity contribution is 6.00. The first kappa shape index (κ1) is 14.7. The molecule has 1 aromatic rings. The second kappa shape index (κ2) is 6.50. The molecular weight excluding hydrogens is 222 g/mol. The lowest BCUT2D eigenvalue weighted by Gasteiger charge is -2.34. The van der Waals surface area contributed by atoms with E-state index in [2.05, 4.69) is 18.7 Å². The van der Waals surface area contributed by atoms with Gasteiger partial charge in [0.1, 0.15) is 0 Å². The molecule has 0 aromatic heterocycles. The minimum Gasteiger partial charge on any atom is -0.293 e. The van der Waals surface area contributed by atoms with Crippen molar-refractivity contribution in [1.29, 1.82) is 0 Å². The fourth-order valence-corrected chi connectivity index (χ4v) is 2.11. The predicted molar refractivity (Wildman–Crippen MR) is 77.5 cm³/mol. The minimum atomic E-state index is -0.436. The molecule has 0 unspecified atom stereocenters. The number of carbonyl (C=O) groups is 1. The Morgan fingerprint density at radius 1 is 1.17 bits per heavy atom. The lowest BCUT2D eigenvalue weighted by atomic mass is 9.95. The van der Waals surface area contributed by atoms with Gasteiger partial charge in [0, 0.05) is 0 Å². The molecule has 0 radical (unpaired) electrons. The Morgan fingerprint density at radius 2 is 1.72 bits per heavy atom. The van der Waals surface area contributed by atoms with E-state index in [0.717, 1.165) is 18.7 Å². The van der Waals surface area contributed by atoms with Crippen LogP contribution in [0.5, 0.6) is 0 Å². The van der Waals surface area contributed by atoms with E-state index in [1.165, 1.54) is 0 Å². The zero-order chi connectivity index (χ0) is 13.6. The van der Waals surface area contributed by atoms with Crippen LogP contribution < -0.4 is 0 Å². The van der Waals surface area contributed by atoms with Gasteiger partial charge in [-0.05, 0) is 38.6 Å². The van der Waals surface area contributed by atoms with Crippen molar-refractivity contribution in [2.75, 3.05) is 13.1 Å². The lowest BCUT2D eigenvalue weighted by Crippen LogP contribution is -2.49. The number of benzene rings is 1. The van der Waals surface area contributed by atoms with Crippen LogP contribution in [-0.2, 0) is 4.79 Å². The molecule has 0 saturated heterocycles. The monoisotopic (exact) mass is 245 g/mol. The van der Waals surface area contributed by atoms with Gasteiger partial charge in [0.15, 0.2) is 5.78 Å². The van der Waals surface area contributed by atoms with Gasteiger partial charge < -0.3 is 0 Å². The first-order chi connectivity index (χ1) is 8.52. The molecule has 0 aliphatic heterocycles. The summed E-state index contributed by atoms with van der Waals surface area (Å²) in [4.78, 5) is 14.4. The normalized spacial score (nSPS) is 12.3. The molecule has 0 heterocycles. The van der Waals surface area contributed by atoms with Gasteiger partial charge >= 0.3 is 0 Å². The second-order valence-electron chi connectivity index (χ2n) is 4.84. The van der Waals surface area contributed by atoms with Crippen molar-refractivity contribution in [3.63, 3.8) is 0 Å². The Bertz CT molecular complexity index is 402. The van der Waals surface area contributed by atoms with Crippen LogP contribution in [0.15, 0.2) is 36.4 Å². The number of carbonyl (C=O) groups excluding carboxylic acids is 1. The van der Waals surface area contributed by atoms with Gasteiger partial charge in [-0.3, -0.25) is 9.69 Å². The minimum absolute atomic E-state index is 0.148. The highest BCUT2D eigenvalue weighted by atomic mass is 16.1. The highest BCUT2D eigenvalue weighted by Crippen LogP contribution is 2.16. The van der Waals surface area contributed by atoms with Gasteiger partial charge in [0.05, 0.1) is 5.54 Å². The summed E-state index contributed by atoms with van der Waals surface area (Å²) in [5.41, 5.74) is 0.621. The van der Waals surface area contributed by atoms with E-state index in [1.54, 1.807) is 6.08 Å². The van der Waals surface area contributed by atoms with Gasteiger partial charge in [-0.25, -0.2) is 0 Å². The molecule has 1 rings (SSSR count). The Morgan fingerprint density at radius 3 is 2.22 bits per heavy atom. The average Bonchev–Trinajstić information content (AvgIpc) is 2.38. The Balaban J connectivity index is 2.79. The second-order valence-corrected chi connectivity index (χ2v) is 4.84. The molecule has 0 aliphatic carbocycles. The zero-order valence-electron chi connectivity index (χ0n) is 11.8. The highest BCUT2D eigenvalue weighted by Gasteiger charge is 2.30. The van der Waals surface area contributed by atoms with E-state index in [9.17, 15) is 4.79 Å². The first-order valence-electron chi connectivity index (χ1n) is 6.55. The summed E-state index contributed by atoms with van der Waals surface area (Å²) in [6.45, 7) is 9.90. The molecule has 0 aliphatic rings. The van der Waals surface area contributed by atoms with Crippen LogP contribution in [0.25, 0.3) is 6.08 Å². The number of likely N-dealkylation sites (N-methyl/N-ethyl adjacent to an activating group) is 1. The van der Waals surface area contributed by atoms with E-state index in [-0.39, 0.29) is 5.78 Å². The summed E-state index contributed by atoms with van der Waals surface area (Å²) in [6, 6.07) is 9.90. The third kappa shape index (κ3) is 3.54. The van der Waals surface area contributed by atoms with Gasteiger partial charge in [-0.15, -0.1) is 0 Å². The van der Waals surface area contributed by atoms with Crippen LogP contribution >= 0.6 is 0 Å². The molecule has 0 fully saturated rings. The summed E-state index contributed by atoms with van der Waals surface area (Å²) < 4.78 is 0. The summed E-state index contributed by atoms with van der Waals surface area (Å²) in [5, 5.41) is 0. The van der Waals surface area contributed by atoms with Crippen LogP contribution in [0, 0.1) is 0 Å². The van der Waals surface area contributed by atoms with E-state index in [0.29, 0.717) is 0 Å². The molecular formula is C16H23NO. The number of ketones is 1. The van der Waals surface area contributed by atoms with Crippen molar-refractivity contribution in [2.45, 2.75) is 33.2 Å². The fourth-order valence-electron chi connectivity index (χ4n) is 2.11. The van der Waals surface area contributed by atoms with Gasteiger partial charge in [-0.1, -0.05) is 50.3 Å². The quantitative estimate of drug-likeness (QED) is 0.716. The molecule has 0 atom stereocenters. The molecule has 0 saturated carbocycles. The van der Waals surface area contributed by atoms with E-state index in [4.69, 9.17) is 0 Å². The largest absolute Gasteiger partial charge is 0.293 e. The molecule has 0 amide bonds. The van der Waals surface area contributed by atoms with E-state index in [1.807, 2.05) is 50.3 Å². The number of hydrogen-bond donors (Lipinski definition) is 0. The topological polar surface area (TPSA) is 20.3 Å². The van der Waals surface area contributed by atoms with Crippen LogP contribution in [-0.4, -0.2) is 29.3 Å². The predicted octanol–water partition coefficient (Wildman–Crippen LogP) is 3.39. The van der Waals surface area contributed by atoms with E-state index >= 15 is 0 Å². The van der Waals surface area contributed by atoms with Crippen molar-refractivity contribution < 1.29 is 4.79 Å². The van der Waals surface area contributed by atoms with Gasteiger partial charge in [-0.2, -0.15) is 0 Å². The van der Waals surface area contributed by atoms with Gasteiger partial charge in [0.25, 0.3) is 0 Å². The zero-order valence-corrected chi connectivity index (χ0v) is 11.8. The van der Waals surface area contributed by atoms with Crippen molar-refractivity contribution in [1.82, 2.24) is 4.90 Å². The lowest BCUT2D eigenvalue weighted by molar-refractivity contribution is -0.124. The SMILES string of the molecule is CCN(CC)C(C)(C)C(=O)C=Cc1ccccc1. The third-order valence-corrected chi connectivity index (χ3v) is 3.38. The fraction of sp³-hybridized carbons (Fsp3) is 0.438. The van der Waals surface area contributed by atoms with Crippen LogP contribution in [0.4, 0.5) is 0 Å². The molecule has 1 aromatic carbocycles. The van der Waals surface area contributed by atoms with Crippen LogP contribution in [0.3, 0.4) is 0 Å².